The lowest BCUT2D eigenvalue weighted by Crippen LogP contribution is -2.17. The highest BCUT2D eigenvalue weighted by molar-refractivity contribution is 7.18. The fourth-order valence-corrected chi connectivity index (χ4v) is 3.05. The molecule has 0 bridgehead atoms. The molecule has 3 rings (SSSR count). The van der Waals surface area contributed by atoms with Crippen LogP contribution < -0.4 is 10.6 Å². The quantitative estimate of drug-likeness (QED) is 0.482. The summed E-state index contributed by atoms with van der Waals surface area (Å²) in [4.78, 5) is 34.5. The van der Waals surface area contributed by atoms with Gasteiger partial charge in [0.15, 0.2) is 0 Å². The molecule has 10 heteroatoms. The standard InChI is InChI=1S/C18H15N5O4S/c1-2-15(24)19-14-6-4-3-5-13(14)16(25)20-18-22-21-17(28-18)11-7-9-12(10-8-11)23(26)27/h3-10H,2H2,1H3,(H,19,24)(H,20,22,25). The van der Waals surface area contributed by atoms with Gasteiger partial charge in [-0.1, -0.05) is 30.4 Å². The van der Waals surface area contributed by atoms with E-state index in [0.717, 1.165) is 11.3 Å². The van der Waals surface area contributed by atoms with Gasteiger partial charge >= 0.3 is 0 Å². The van der Waals surface area contributed by atoms with E-state index >= 15 is 0 Å². The van der Waals surface area contributed by atoms with E-state index in [9.17, 15) is 19.7 Å². The molecule has 1 aromatic heterocycles. The maximum absolute atomic E-state index is 12.6. The van der Waals surface area contributed by atoms with Gasteiger partial charge in [0.2, 0.25) is 11.0 Å². The summed E-state index contributed by atoms with van der Waals surface area (Å²) in [5, 5.41) is 24.8. The van der Waals surface area contributed by atoms with Crippen LogP contribution in [0.1, 0.15) is 23.7 Å². The zero-order valence-corrected chi connectivity index (χ0v) is 15.5. The van der Waals surface area contributed by atoms with Crippen LogP contribution in [0.5, 0.6) is 0 Å². The highest BCUT2D eigenvalue weighted by Crippen LogP contribution is 2.28. The van der Waals surface area contributed by atoms with Gasteiger partial charge in [-0.15, -0.1) is 10.2 Å². The summed E-state index contributed by atoms with van der Waals surface area (Å²) in [6.07, 6.45) is 0.297. The average Bonchev–Trinajstić information content (AvgIpc) is 3.16. The number of nitrogens with one attached hydrogen (secondary N) is 2. The number of carbonyl (C=O) groups is 2. The third kappa shape index (κ3) is 4.35. The van der Waals surface area contributed by atoms with Crippen LogP contribution in [0.3, 0.4) is 0 Å². The minimum Gasteiger partial charge on any atom is -0.325 e. The molecule has 0 spiro atoms. The topological polar surface area (TPSA) is 127 Å². The van der Waals surface area contributed by atoms with Gasteiger partial charge in [-0.2, -0.15) is 0 Å². The minimum atomic E-state index is -0.482. The maximum Gasteiger partial charge on any atom is 0.269 e. The molecule has 0 saturated carbocycles. The largest absolute Gasteiger partial charge is 0.325 e. The lowest BCUT2D eigenvalue weighted by atomic mass is 10.1. The molecule has 0 aliphatic heterocycles. The van der Waals surface area contributed by atoms with Gasteiger partial charge in [-0.05, 0) is 24.3 Å². The molecule has 142 valence electrons. The van der Waals surface area contributed by atoms with Gasteiger partial charge in [-0.25, -0.2) is 0 Å². The molecule has 0 unspecified atom stereocenters. The first-order valence-corrected chi connectivity index (χ1v) is 9.08. The first kappa shape index (κ1) is 19.1. The third-order valence-electron chi connectivity index (χ3n) is 3.74. The molecular weight excluding hydrogens is 382 g/mol. The summed E-state index contributed by atoms with van der Waals surface area (Å²) in [6, 6.07) is 12.5. The van der Waals surface area contributed by atoms with E-state index in [4.69, 9.17) is 0 Å². The van der Waals surface area contributed by atoms with E-state index in [2.05, 4.69) is 20.8 Å². The van der Waals surface area contributed by atoms with Gasteiger partial charge < -0.3 is 5.32 Å². The number of amides is 2. The average molecular weight is 397 g/mol. The van der Waals surface area contributed by atoms with Crippen molar-refractivity contribution in [3.63, 3.8) is 0 Å². The zero-order valence-electron chi connectivity index (χ0n) is 14.7. The van der Waals surface area contributed by atoms with E-state index in [1.54, 1.807) is 43.3 Å². The number of rotatable bonds is 6. The van der Waals surface area contributed by atoms with Crippen molar-refractivity contribution in [1.82, 2.24) is 10.2 Å². The molecule has 3 aromatic rings. The molecule has 0 aliphatic rings. The molecule has 2 N–H and O–H groups in total. The van der Waals surface area contributed by atoms with Crippen molar-refractivity contribution in [2.75, 3.05) is 10.6 Å². The van der Waals surface area contributed by atoms with Crippen molar-refractivity contribution in [2.45, 2.75) is 13.3 Å². The second kappa shape index (κ2) is 8.35. The number of nitro benzene ring substituents is 1. The number of aromatic nitrogens is 2. The first-order chi connectivity index (χ1) is 13.5. The van der Waals surface area contributed by atoms with Crippen molar-refractivity contribution in [3.05, 3.63) is 64.2 Å². The van der Waals surface area contributed by atoms with Gasteiger partial charge in [0.25, 0.3) is 11.6 Å². The summed E-state index contributed by atoms with van der Waals surface area (Å²) >= 11 is 1.14. The van der Waals surface area contributed by atoms with Crippen LogP contribution in [0.2, 0.25) is 0 Å². The van der Waals surface area contributed by atoms with Crippen LogP contribution in [-0.4, -0.2) is 26.9 Å². The second-order valence-electron chi connectivity index (χ2n) is 5.62. The number of para-hydroxylation sites is 1. The summed E-state index contributed by atoms with van der Waals surface area (Å²) in [5.74, 6) is -0.630. The van der Waals surface area contributed by atoms with E-state index in [1.807, 2.05) is 0 Å². The summed E-state index contributed by atoms with van der Waals surface area (Å²) in [7, 11) is 0. The third-order valence-corrected chi connectivity index (χ3v) is 4.63. The predicted octanol–water partition coefficient (Wildman–Crippen LogP) is 3.71. The van der Waals surface area contributed by atoms with Gasteiger partial charge in [0.05, 0.1) is 16.2 Å². The smallest absolute Gasteiger partial charge is 0.269 e. The van der Waals surface area contributed by atoms with Crippen LogP contribution >= 0.6 is 11.3 Å². The highest BCUT2D eigenvalue weighted by atomic mass is 32.1. The molecule has 0 atom stereocenters. The number of anilines is 2. The molecule has 0 fully saturated rings. The zero-order chi connectivity index (χ0) is 20.1. The Morgan fingerprint density at radius 2 is 1.79 bits per heavy atom. The summed E-state index contributed by atoms with van der Waals surface area (Å²) < 4.78 is 0. The Bertz CT molecular complexity index is 1030. The number of nitro groups is 1. The molecule has 0 saturated heterocycles. The fraction of sp³-hybridized carbons (Fsp3) is 0.111. The minimum absolute atomic E-state index is 0.0208. The Balaban J connectivity index is 1.76. The maximum atomic E-state index is 12.6. The van der Waals surface area contributed by atoms with E-state index < -0.39 is 10.8 Å². The number of benzene rings is 2. The molecule has 28 heavy (non-hydrogen) atoms. The Kier molecular flexibility index (Phi) is 5.70. The molecule has 0 radical (unpaired) electrons. The molecule has 2 amide bonds. The Morgan fingerprint density at radius 3 is 2.46 bits per heavy atom. The van der Waals surface area contributed by atoms with Crippen molar-refractivity contribution in [1.29, 1.82) is 0 Å². The van der Waals surface area contributed by atoms with E-state index in [1.165, 1.54) is 12.1 Å². The SMILES string of the molecule is CCC(=O)Nc1ccccc1C(=O)Nc1nnc(-c2ccc([N+](=O)[O-])cc2)s1. The monoisotopic (exact) mass is 397 g/mol. The van der Waals surface area contributed by atoms with Crippen molar-refractivity contribution < 1.29 is 14.5 Å². The lowest BCUT2D eigenvalue weighted by molar-refractivity contribution is -0.384. The van der Waals surface area contributed by atoms with Crippen LogP contribution in [-0.2, 0) is 4.79 Å². The fourth-order valence-electron chi connectivity index (χ4n) is 2.31. The lowest BCUT2D eigenvalue weighted by Gasteiger charge is -2.09. The van der Waals surface area contributed by atoms with Crippen LogP contribution in [0, 0.1) is 10.1 Å². The van der Waals surface area contributed by atoms with Crippen LogP contribution in [0.4, 0.5) is 16.5 Å². The molecule has 9 nitrogen and oxygen atoms in total. The van der Waals surface area contributed by atoms with Gasteiger partial charge in [0.1, 0.15) is 5.01 Å². The number of carbonyl (C=O) groups excluding carboxylic acids is 2. The summed E-state index contributed by atoms with van der Waals surface area (Å²) in [5.41, 5.74) is 1.34. The van der Waals surface area contributed by atoms with Gasteiger partial charge in [-0.3, -0.25) is 25.0 Å². The van der Waals surface area contributed by atoms with E-state index in [-0.39, 0.29) is 16.7 Å². The first-order valence-electron chi connectivity index (χ1n) is 8.26. The Hall–Kier alpha value is -3.66. The highest BCUT2D eigenvalue weighted by Gasteiger charge is 2.16. The van der Waals surface area contributed by atoms with Crippen molar-refractivity contribution in [2.24, 2.45) is 0 Å². The number of nitrogens with zero attached hydrogens (tertiary/aromatic N) is 3. The molecule has 0 aliphatic carbocycles. The normalized spacial score (nSPS) is 10.3. The Morgan fingerprint density at radius 1 is 1.07 bits per heavy atom. The molecule has 1 heterocycles. The van der Waals surface area contributed by atoms with Gasteiger partial charge in [0, 0.05) is 24.1 Å². The molecule has 2 aromatic carbocycles. The second-order valence-corrected chi connectivity index (χ2v) is 6.60. The predicted molar refractivity (Wildman–Crippen MR) is 105 cm³/mol. The Labute approximate surface area is 163 Å². The number of hydrogen-bond acceptors (Lipinski definition) is 7. The number of hydrogen-bond donors (Lipinski definition) is 2. The van der Waals surface area contributed by atoms with Crippen molar-refractivity contribution in [3.8, 4) is 10.6 Å². The van der Waals surface area contributed by atoms with E-state index in [0.29, 0.717) is 28.2 Å². The van der Waals surface area contributed by atoms with Crippen LogP contribution in [0.15, 0.2) is 48.5 Å². The summed E-state index contributed by atoms with van der Waals surface area (Å²) in [6.45, 7) is 1.72. The van der Waals surface area contributed by atoms with Crippen LogP contribution in [0.25, 0.3) is 10.6 Å². The van der Waals surface area contributed by atoms with Crippen molar-refractivity contribution >= 4 is 39.7 Å². The molecular formula is C18H15N5O4S. The number of non-ortho nitro benzene ring substituents is 1.